The second-order valence-electron chi connectivity index (χ2n) is 6.30. The Morgan fingerprint density at radius 3 is 2.86 bits per heavy atom. The quantitative estimate of drug-likeness (QED) is 0.893. The molecule has 2 fully saturated rings. The maximum atomic E-state index is 12.0. The summed E-state index contributed by atoms with van der Waals surface area (Å²) < 4.78 is 0. The molecule has 21 heavy (non-hydrogen) atoms. The molecule has 1 amide bonds. The van der Waals surface area contributed by atoms with Gasteiger partial charge in [-0.3, -0.25) is 9.69 Å². The van der Waals surface area contributed by atoms with E-state index in [9.17, 15) is 9.90 Å². The lowest BCUT2D eigenvalue weighted by Crippen LogP contribution is -2.52. The molecule has 3 rings (SSSR count). The molecule has 0 spiro atoms. The van der Waals surface area contributed by atoms with Crippen molar-refractivity contribution in [1.29, 1.82) is 0 Å². The van der Waals surface area contributed by atoms with Gasteiger partial charge in [-0.05, 0) is 50.3 Å². The largest absolute Gasteiger partial charge is 0.391 e. The number of amides is 1. The Morgan fingerprint density at radius 1 is 1.24 bits per heavy atom. The number of carbonyl (C=O) groups is 1. The van der Waals surface area contributed by atoms with Crippen LogP contribution in [0.5, 0.6) is 0 Å². The number of piperidine rings is 1. The number of hydrogen-bond donors (Lipinski definition) is 2. The Kier molecular flexibility index (Phi) is 4.56. The van der Waals surface area contributed by atoms with Crippen molar-refractivity contribution < 1.29 is 9.90 Å². The predicted molar refractivity (Wildman–Crippen MR) is 83.0 cm³/mol. The van der Waals surface area contributed by atoms with Crippen molar-refractivity contribution >= 4 is 11.6 Å². The summed E-state index contributed by atoms with van der Waals surface area (Å²) in [6, 6.07) is 9.83. The lowest BCUT2D eigenvalue weighted by Gasteiger charge is -2.45. The first-order chi connectivity index (χ1) is 10.2. The van der Waals surface area contributed by atoms with Gasteiger partial charge in [-0.2, -0.15) is 0 Å². The molecule has 1 aromatic carbocycles. The van der Waals surface area contributed by atoms with Crippen LogP contribution in [-0.2, 0) is 4.79 Å². The summed E-state index contributed by atoms with van der Waals surface area (Å²) in [5.74, 6) is 0.835. The van der Waals surface area contributed by atoms with Crippen LogP contribution < -0.4 is 5.32 Å². The van der Waals surface area contributed by atoms with E-state index in [0.717, 1.165) is 37.5 Å². The average molecular weight is 288 g/mol. The maximum absolute atomic E-state index is 12.0. The number of nitrogens with one attached hydrogen (secondary N) is 1. The van der Waals surface area contributed by atoms with Crippen LogP contribution in [0.3, 0.4) is 0 Å². The number of carbonyl (C=O) groups excluding carboxylic acids is 1. The summed E-state index contributed by atoms with van der Waals surface area (Å²) in [7, 11) is 0. The Hall–Kier alpha value is -1.39. The summed E-state index contributed by atoms with van der Waals surface area (Å²) in [4.78, 5) is 14.3. The van der Waals surface area contributed by atoms with Gasteiger partial charge in [0.2, 0.25) is 5.91 Å². The molecule has 2 N–H and O–H groups in total. The lowest BCUT2D eigenvalue weighted by atomic mass is 9.78. The summed E-state index contributed by atoms with van der Waals surface area (Å²) in [6.45, 7) is 1.76. The fraction of sp³-hybridized carbons (Fsp3) is 0.588. The number of nitrogens with zero attached hydrogens (tertiary/aromatic N) is 1. The number of fused-ring (bicyclic) bond motifs is 2. The van der Waals surface area contributed by atoms with Crippen LogP contribution in [0.25, 0.3) is 0 Å². The smallest absolute Gasteiger partial charge is 0.225 e. The molecule has 1 saturated heterocycles. The van der Waals surface area contributed by atoms with E-state index in [2.05, 4.69) is 10.2 Å². The number of aliphatic hydroxyl groups excluding tert-OH is 1. The van der Waals surface area contributed by atoms with Gasteiger partial charge in [0.1, 0.15) is 0 Å². The van der Waals surface area contributed by atoms with Crippen LogP contribution in [0.15, 0.2) is 30.3 Å². The molecular formula is C17H24N2O2. The van der Waals surface area contributed by atoms with E-state index < -0.39 is 0 Å². The highest BCUT2D eigenvalue weighted by Gasteiger charge is 2.36. The van der Waals surface area contributed by atoms with Crippen molar-refractivity contribution in [3.63, 3.8) is 0 Å². The van der Waals surface area contributed by atoms with E-state index >= 15 is 0 Å². The van der Waals surface area contributed by atoms with E-state index in [0.29, 0.717) is 6.42 Å². The zero-order valence-electron chi connectivity index (χ0n) is 12.4. The van der Waals surface area contributed by atoms with Crippen LogP contribution in [-0.4, -0.2) is 41.1 Å². The first-order valence-electron chi connectivity index (χ1n) is 7.99. The number of para-hydroxylation sites is 1. The van der Waals surface area contributed by atoms with Gasteiger partial charge in [-0.15, -0.1) is 0 Å². The maximum Gasteiger partial charge on any atom is 0.225 e. The van der Waals surface area contributed by atoms with Crippen LogP contribution >= 0.6 is 0 Å². The molecule has 3 unspecified atom stereocenters. The van der Waals surface area contributed by atoms with Crippen LogP contribution in [0.1, 0.15) is 32.1 Å². The summed E-state index contributed by atoms with van der Waals surface area (Å²) in [6.07, 6.45) is 4.68. The average Bonchev–Trinajstić information content (AvgIpc) is 2.51. The normalized spacial score (nSPS) is 29.1. The molecule has 2 aliphatic rings. The van der Waals surface area contributed by atoms with E-state index in [1.807, 2.05) is 30.3 Å². The van der Waals surface area contributed by atoms with E-state index in [1.165, 1.54) is 12.8 Å². The van der Waals surface area contributed by atoms with Crippen molar-refractivity contribution in [3.8, 4) is 0 Å². The summed E-state index contributed by atoms with van der Waals surface area (Å²) in [5, 5.41) is 13.1. The molecule has 114 valence electrons. The number of aliphatic hydroxyl groups is 1. The van der Waals surface area contributed by atoms with Crippen molar-refractivity contribution in [1.82, 2.24) is 4.90 Å². The third kappa shape index (κ3) is 3.63. The standard InChI is InChI=1S/C17H24N2O2/c20-16-7-6-13-8-10-19(15(16)12-13)11-9-17(21)18-14-4-2-1-3-5-14/h1-5,13,15-16,20H,6-12H2,(H,18,21). The molecule has 0 aromatic heterocycles. The number of rotatable bonds is 4. The number of benzene rings is 1. The molecule has 1 heterocycles. The highest BCUT2D eigenvalue weighted by Crippen LogP contribution is 2.34. The molecular weight excluding hydrogens is 264 g/mol. The Labute approximate surface area is 126 Å². The molecule has 3 atom stereocenters. The zero-order chi connectivity index (χ0) is 14.7. The fourth-order valence-electron chi connectivity index (χ4n) is 3.65. The molecule has 2 bridgehead atoms. The molecule has 4 heteroatoms. The third-order valence-electron chi connectivity index (χ3n) is 4.87. The van der Waals surface area contributed by atoms with Gasteiger partial charge in [-0.1, -0.05) is 18.2 Å². The predicted octanol–water partition coefficient (Wildman–Crippen LogP) is 2.25. The second kappa shape index (κ2) is 6.58. The minimum Gasteiger partial charge on any atom is -0.391 e. The zero-order valence-corrected chi connectivity index (χ0v) is 12.4. The fourth-order valence-corrected chi connectivity index (χ4v) is 3.65. The van der Waals surface area contributed by atoms with Crippen molar-refractivity contribution in [2.24, 2.45) is 5.92 Å². The number of likely N-dealkylation sites (tertiary alicyclic amines) is 1. The van der Waals surface area contributed by atoms with Gasteiger partial charge < -0.3 is 10.4 Å². The van der Waals surface area contributed by atoms with Crippen LogP contribution in [0.4, 0.5) is 5.69 Å². The lowest BCUT2D eigenvalue weighted by molar-refractivity contribution is -0.117. The van der Waals surface area contributed by atoms with Crippen molar-refractivity contribution in [2.45, 2.75) is 44.2 Å². The molecule has 0 radical (unpaired) electrons. The first kappa shape index (κ1) is 14.5. The Balaban J connectivity index is 1.49. The third-order valence-corrected chi connectivity index (χ3v) is 4.87. The van der Waals surface area contributed by atoms with Crippen LogP contribution in [0.2, 0.25) is 0 Å². The van der Waals surface area contributed by atoms with Gasteiger partial charge in [0, 0.05) is 24.7 Å². The minimum absolute atomic E-state index is 0.0497. The Morgan fingerprint density at radius 2 is 2.05 bits per heavy atom. The van der Waals surface area contributed by atoms with E-state index in [-0.39, 0.29) is 18.1 Å². The SMILES string of the molecule is O=C(CCN1CCC2CCC(O)C1C2)Nc1ccccc1. The number of hydrogen-bond acceptors (Lipinski definition) is 3. The van der Waals surface area contributed by atoms with Gasteiger partial charge in [0.25, 0.3) is 0 Å². The summed E-state index contributed by atoms with van der Waals surface area (Å²) >= 11 is 0. The first-order valence-corrected chi connectivity index (χ1v) is 7.99. The van der Waals surface area contributed by atoms with Gasteiger partial charge in [0.05, 0.1) is 6.10 Å². The molecule has 4 nitrogen and oxygen atoms in total. The minimum atomic E-state index is -0.210. The van der Waals surface area contributed by atoms with Crippen molar-refractivity contribution in [2.75, 3.05) is 18.4 Å². The van der Waals surface area contributed by atoms with Crippen molar-refractivity contribution in [3.05, 3.63) is 30.3 Å². The Bertz CT molecular complexity index is 477. The van der Waals surface area contributed by atoms with Crippen LogP contribution in [0, 0.1) is 5.92 Å². The number of anilines is 1. The highest BCUT2D eigenvalue weighted by molar-refractivity contribution is 5.90. The molecule has 1 aliphatic carbocycles. The van der Waals surface area contributed by atoms with Gasteiger partial charge in [0.15, 0.2) is 0 Å². The summed E-state index contributed by atoms with van der Waals surface area (Å²) in [5.41, 5.74) is 0.846. The molecule has 1 aromatic rings. The van der Waals surface area contributed by atoms with E-state index in [1.54, 1.807) is 0 Å². The highest BCUT2D eigenvalue weighted by atomic mass is 16.3. The topological polar surface area (TPSA) is 52.6 Å². The van der Waals surface area contributed by atoms with Gasteiger partial charge >= 0.3 is 0 Å². The monoisotopic (exact) mass is 288 g/mol. The second-order valence-corrected chi connectivity index (χ2v) is 6.30. The van der Waals surface area contributed by atoms with Gasteiger partial charge in [-0.25, -0.2) is 0 Å². The molecule has 1 aliphatic heterocycles. The molecule has 1 saturated carbocycles. The van der Waals surface area contributed by atoms with E-state index in [4.69, 9.17) is 0 Å².